The van der Waals surface area contributed by atoms with Crippen LogP contribution < -0.4 is 20.3 Å². The maximum Gasteiger partial charge on any atom is 0.264 e. The quantitative estimate of drug-likeness (QED) is 0.304. The Morgan fingerprint density at radius 3 is 2.57 bits per heavy atom. The van der Waals surface area contributed by atoms with Gasteiger partial charge in [-0.2, -0.15) is 0 Å². The van der Waals surface area contributed by atoms with Gasteiger partial charge in [-0.05, 0) is 81.2 Å². The fourth-order valence-electron chi connectivity index (χ4n) is 8.20. The van der Waals surface area contributed by atoms with Crippen LogP contribution in [0.2, 0.25) is 18.6 Å². The van der Waals surface area contributed by atoms with Crippen molar-refractivity contribution in [1.29, 1.82) is 0 Å². The molecule has 46 heavy (non-hydrogen) atoms. The Hall–Kier alpha value is -3.29. The van der Waals surface area contributed by atoms with Crippen molar-refractivity contribution in [2.24, 2.45) is 5.92 Å². The first-order chi connectivity index (χ1) is 22.0. The molecule has 3 amide bonds. The number of ether oxygens (including phenoxy) is 2. The van der Waals surface area contributed by atoms with E-state index in [2.05, 4.69) is 10.6 Å². The number of nitrogens with zero attached hydrogens (tertiary/aromatic N) is 2. The predicted molar refractivity (Wildman–Crippen MR) is 176 cm³/mol. The molecule has 2 aromatic rings. The normalized spacial score (nSPS) is 29.1. The van der Waals surface area contributed by atoms with Crippen LogP contribution in [0.3, 0.4) is 0 Å². The van der Waals surface area contributed by atoms with Crippen LogP contribution in [0, 0.1) is 5.92 Å². The Kier molecular flexibility index (Phi) is 9.03. The Balaban J connectivity index is 1.29. The van der Waals surface area contributed by atoms with Crippen molar-refractivity contribution >= 4 is 37.4 Å². The molecule has 4 aliphatic heterocycles. The molecular weight excluding hydrogens is 604 g/mol. The number of hydrogen-bond donors (Lipinski definition) is 4. The van der Waals surface area contributed by atoms with Gasteiger partial charge in [0.05, 0.1) is 50.6 Å². The highest BCUT2D eigenvalue weighted by molar-refractivity contribution is 6.71. The van der Waals surface area contributed by atoms with E-state index in [0.29, 0.717) is 29.2 Å². The number of methoxy groups -OCH3 is 1. The van der Waals surface area contributed by atoms with Crippen molar-refractivity contribution in [1.82, 2.24) is 10.2 Å². The van der Waals surface area contributed by atoms with Crippen LogP contribution in [0.5, 0.6) is 5.75 Å². The van der Waals surface area contributed by atoms with Gasteiger partial charge in [-0.25, -0.2) is 0 Å². The summed E-state index contributed by atoms with van der Waals surface area (Å²) in [6, 6.07) is 12.6. The summed E-state index contributed by atoms with van der Waals surface area (Å²) in [6.45, 7) is 7.24. The maximum atomic E-state index is 14.7. The average molecular weight is 651 g/mol. The third-order valence-electron chi connectivity index (χ3n) is 10.4. The number of carbonyl (C=O) groups is 3. The van der Waals surface area contributed by atoms with E-state index in [0.717, 1.165) is 37.8 Å². The number of benzene rings is 2. The van der Waals surface area contributed by atoms with E-state index in [4.69, 9.17) is 9.47 Å². The molecule has 3 saturated heterocycles. The molecule has 0 saturated carbocycles. The molecule has 11 nitrogen and oxygen atoms in total. The van der Waals surface area contributed by atoms with Gasteiger partial charge in [0.25, 0.3) is 5.91 Å². The maximum absolute atomic E-state index is 14.7. The first-order valence-corrected chi connectivity index (χ1v) is 19.4. The number of hydrogen-bond acceptors (Lipinski definition) is 8. The van der Waals surface area contributed by atoms with Crippen molar-refractivity contribution in [3.63, 3.8) is 0 Å². The molecule has 6 atom stereocenters. The third-order valence-corrected chi connectivity index (χ3v) is 12.9. The molecule has 248 valence electrons. The molecule has 4 aliphatic rings. The lowest BCUT2D eigenvalue weighted by atomic mass is 9.82. The van der Waals surface area contributed by atoms with Gasteiger partial charge in [0.1, 0.15) is 5.75 Å². The number of likely N-dealkylation sites (tertiary alicyclic amines) is 1. The molecule has 1 spiro atoms. The first-order valence-electron chi connectivity index (χ1n) is 16.4. The van der Waals surface area contributed by atoms with Gasteiger partial charge in [-0.3, -0.25) is 14.4 Å². The zero-order chi connectivity index (χ0) is 32.8. The molecule has 6 rings (SSSR count). The van der Waals surface area contributed by atoms with Gasteiger partial charge in [-0.15, -0.1) is 0 Å². The fraction of sp³-hybridized carbons (Fsp3) is 0.559. The Morgan fingerprint density at radius 2 is 1.91 bits per heavy atom. The number of aliphatic hydroxyl groups excluding tert-OH is 1. The van der Waals surface area contributed by atoms with Crippen LogP contribution in [0.15, 0.2) is 42.5 Å². The van der Waals surface area contributed by atoms with E-state index >= 15 is 0 Å². The lowest BCUT2D eigenvalue weighted by Gasteiger charge is -2.32. The average Bonchev–Trinajstić information content (AvgIpc) is 3.82. The number of carbonyl (C=O) groups excluding carboxylic acids is 3. The molecule has 12 heteroatoms. The molecule has 4 heterocycles. The molecule has 0 aromatic heterocycles. The molecule has 4 N–H and O–H groups in total. The van der Waals surface area contributed by atoms with Crippen molar-refractivity contribution in [3.8, 4) is 5.75 Å². The number of nitrogens with one attached hydrogen (secondary N) is 2. The largest absolute Gasteiger partial charge is 0.497 e. The molecule has 2 aromatic carbocycles. The van der Waals surface area contributed by atoms with Gasteiger partial charge in [-0.1, -0.05) is 19.1 Å². The Labute approximate surface area is 271 Å². The monoisotopic (exact) mass is 650 g/mol. The van der Waals surface area contributed by atoms with E-state index in [1.807, 2.05) is 62.5 Å². The first kappa shape index (κ1) is 32.6. The summed E-state index contributed by atoms with van der Waals surface area (Å²) < 4.78 is 12.4. The van der Waals surface area contributed by atoms with Gasteiger partial charge in [0, 0.05) is 29.3 Å². The van der Waals surface area contributed by atoms with Crippen LogP contribution in [0.25, 0.3) is 0 Å². The minimum Gasteiger partial charge on any atom is -0.497 e. The summed E-state index contributed by atoms with van der Waals surface area (Å²) in [7, 11) is -1.38. The van der Waals surface area contributed by atoms with Gasteiger partial charge in [0.15, 0.2) is 13.9 Å². The number of anilines is 2. The highest BCUT2D eigenvalue weighted by atomic mass is 28.4. The number of rotatable bonds is 9. The van der Waals surface area contributed by atoms with Gasteiger partial charge in [0.2, 0.25) is 11.8 Å². The summed E-state index contributed by atoms with van der Waals surface area (Å²) >= 11 is 0. The zero-order valence-corrected chi connectivity index (χ0v) is 28.1. The van der Waals surface area contributed by atoms with Crippen LogP contribution >= 0.6 is 0 Å². The zero-order valence-electron chi connectivity index (χ0n) is 27.1. The number of amides is 3. The number of aliphatic hydroxyl groups is 1. The van der Waals surface area contributed by atoms with E-state index in [9.17, 15) is 24.3 Å². The van der Waals surface area contributed by atoms with E-state index in [-0.39, 0.29) is 49.4 Å². The standard InChI is InChI=1S/C34H46N4O7Si/c1-21-31(46(3,4)43)29(18-30(40)37-16-6-7-24(37)20-39)45-34(21)26-17-25(44-2)13-14-28(26)38(33(34)42)19-22-9-11-23(12-10-22)36-32(41)27-8-5-15-35-27/h9-14,17,21,24,27,29,31,35,39,43H,5-8,15-16,18-20H2,1-4H3,(H,36,41)/t21-,24-,27+,29+,31-,34+/m0/s1. The molecular formula is C34H46N4O7Si. The smallest absolute Gasteiger partial charge is 0.264 e. The second-order valence-corrected chi connectivity index (χ2v) is 17.7. The van der Waals surface area contributed by atoms with E-state index < -0.39 is 31.5 Å². The summed E-state index contributed by atoms with van der Waals surface area (Å²) in [5.74, 6) is -0.250. The van der Waals surface area contributed by atoms with Crippen LogP contribution in [0.1, 0.15) is 50.2 Å². The molecule has 0 bridgehead atoms. The Bertz CT molecular complexity index is 1470. The van der Waals surface area contributed by atoms with Crippen LogP contribution in [-0.4, -0.2) is 85.8 Å². The predicted octanol–water partition coefficient (Wildman–Crippen LogP) is 3.10. The van der Waals surface area contributed by atoms with Crippen LogP contribution in [-0.2, 0) is 31.3 Å². The summed E-state index contributed by atoms with van der Waals surface area (Å²) in [5, 5.41) is 16.0. The van der Waals surface area contributed by atoms with Crippen molar-refractivity contribution in [3.05, 3.63) is 53.6 Å². The molecule has 0 aliphatic carbocycles. The Morgan fingerprint density at radius 1 is 1.15 bits per heavy atom. The molecule has 0 unspecified atom stereocenters. The second kappa shape index (κ2) is 12.7. The van der Waals surface area contributed by atoms with E-state index in [1.54, 1.807) is 16.9 Å². The third kappa shape index (κ3) is 5.74. The topological polar surface area (TPSA) is 141 Å². The molecule has 3 fully saturated rings. The summed E-state index contributed by atoms with van der Waals surface area (Å²) in [4.78, 5) is 55.9. The van der Waals surface area contributed by atoms with Crippen molar-refractivity contribution in [2.45, 2.75) is 88.0 Å². The minimum absolute atomic E-state index is 0.0282. The van der Waals surface area contributed by atoms with Crippen molar-refractivity contribution < 1.29 is 33.8 Å². The lowest BCUT2D eigenvalue weighted by molar-refractivity contribution is -0.150. The number of fused-ring (bicyclic) bond motifs is 2. The molecule has 0 radical (unpaired) electrons. The summed E-state index contributed by atoms with van der Waals surface area (Å²) in [6.07, 6.45) is 2.74. The van der Waals surface area contributed by atoms with Crippen molar-refractivity contribution in [2.75, 3.05) is 37.0 Å². The lowest BCUT2D eigenvalue weighted by Crippen LogP contribution is -2.46. The fourth-order valence-corrected chi connectivity index (χ4v) is 10.8. The summed E-state index contributed by atoms with van der Waals surface area (Å²) in [5.41, 5.74) is 1.13. The van der Waals surface area contributed by atoms with Crippen LogP contribution in [0.4, 0.5) is 11.4 Å². The highest BCUT2D eigenvalue weighted by Gasteiger charge is 2.66. The van der Waals surface area contributed by atoms with Gasteiger partial charge < -0.3 is 39.8 Å². The van der Waals surface area contributed by atoms with Gasteiger partial charge >= 0.3 is 0 Å². The second-order valence-electron chi connectivity index (χ2n) is 13.7. The SMILES string of the molecule is COc1ccc2c(c1)[C@@]1(O[C@H](CC(=O)N3CCC[C@H]3CO)[C@@H]([Si](C)(C)O)[C@@H]1C)C(=O)N2Cc1ccc(NC(=O)[C@H]2CCCN2)cc1. The minimum atomic E-state index is -2.96. The highest BCUT2D eigenvalue weighted by Crippen LogP contribution is 2.60. The van der Waals surface area contributed by atoms with E-state index in [1.165, 1.54) is 0 Å².